The van der Waals surface area contributed by atoms with Crippen LogP contribution in [-0.4, -0.2) is 80.1 Å². The molecule has 0 spiro atoms. The number of nitrogens with two attached hydrogens (primary N) is 2. The van der Waals surface area contributed by atoms with Crippen LogP contribution >= 0.6 is 0 Å². The fourth-order valence-corrected chi connectivity index (χ4v) is 4.15. The number of aromatic amines is 4. The summed E-state index contributed by atoms with van der Waals surface area (Å²) < 4.78 is 0. The third-order valence-corrected chi connectivity index (χ3v) is 6.49. The summed E-state index contributed by atoms with van der Waals surface area (Å²) in [6.45, 7) is 0.380. The molecule has 0 bridgehead atoms. The first kappa shape index (κ1) is 34.7. The van der Waals surface area contributed by atoms with Gasteiger partial charge in [-0.3, -0.25) is 39.6 Å². The highest BCUT2D eigenvalue weighted by atomic mass is 16.2. The van der Waals surface area contributed by atoms with E-state index in [-0.39, 0.29) is 77.4 Å². The maximum absolute atomic E-state index is 12.6. The Balaban J connectivity index is 1.20. The number of nitrogens with one attached hydrogen (secondary N) is 12. The summed E-state index contributed by atoms with van der Waals surface area (Å²) in [5.74, 6) is -3.02. The van der Waals surface area contributed by atoms with Gasteiger partial charge in [-0.2, -0.15) is 0 Å². The second-order valence-corrected chi connectivity index (χ2v) is 10.5. The van der Waals surface area contributed by atoms with Crippen molar-refractivity contribution >= 4 is 70.1 Å². The number of anilines is 4. The molecule has 4 heterocycles. The van der Waals surface area contributed by atoms with Gasteiger partial charge in [-0.1, -0.05) is 0 Å². The lowest BCUT2D eigenvalue weighted by molar-refractivity contribution is -0.123. The molecule has 20 nitrogen and oxygen atoms in total. The lowest BCUT2D eigenvalue weighted by atomic mass is 10.3. The molecule has 0 radical (unpaired) electrons. The van der Waals surface area contributed by atoms with Crippen LogP contribution in [0.15, 0.2) is 49.1 Å². The molecular formula is C29H34N14O6. The van der Waals surface area contributed by atoms with Gasteiger partial charge < -0.3 is 63.3 Å². The van der Waals surface area contributed by atoms with E-state index < -0.39 is 41.9 Å². The van der Waals surface area contributed by atoms with Crippen LogP contribution in [0.25, 0.3) is 0 Å². The number of aromatic nitrogens is 4. The molecule has 0 fully saturated rings. The second kappa shape index (κ2) is 15.9. The summed E-state index contributed by atoms with van der Waals surface area (Å²) in [5, 5.41) is 29.7. The van der Waals surface area contributed by atoms with Crippen molar-refractivity contribution in [1.29, 1.82) is 10.8 Å². The molecule has 0 aliphatic rings. The van der Waals surface area contributed by atoms with Crippen molar-refractivity contribution in [2.24, 2.45) is 11.5 Å². The zero-order valence-corrected chi connectivity index (χ0v) is 25.8. The van der Waals surface area contributed by atoms with E-state index in [0.29, 0.717) is 5.69 Å². The zero-order valence-electron chi connectivity index (χ0n) is 25.8. The molecule has 0 unspecified atom stereocenters. The van der Waals surface area contributed by atoms with Crippen LogP contribution in [0.3, 0.4) is 0 Å². The highest BCUT2D eigenvalue weighted by molar-refractivity contribution is 6.10. The first-order valence-electron chi connectivity index (χ1n) is 14.5. The molecule has 6 amide bonds. The summed E-state index contributed by atoms with van der Waals surface area (Å²) in [4.78, 5) is 85.4. The Morgan fingerprint density at radius 3 is 1.63 bits per heavy atom. The van der Waals surface area contributed by atoms with Crippen molar-refractivity contribution in [3.63, 3.8) is 0 Å². The molecule has 4 aromatic rings. The highest BCUT2D eigenvalue weighted by Gasteiger charge is 2.17. The van der Waals surface area contributed by atoms with E-state index in [0.717, 1.165) is 0 Å². The van der Waals surface area contributed by atoms with Gasteiger partial charge in [0.1, 0.15) is 29.4 Å². The molecule has 4 rings (SSSR count). The Kier molecular flexibility index (Phi) is 11.3. The largest absolute Gasteiger partial charge is 0.388 e. The number of H-pyrrole nitrogens is 4. The number of hydrogen-bond donors (Lipinski definition) is 14. The van der Waals surface area contributed by atoms with E-state index in [9.17, 15) is 28.8 Å². The molecule has 0 aliphatic heterocycles. The van der Waals surface area contributed by atoms with Crippen molar-refractivity contribution < 1.29 is 28.8 Å². The Bertz CT molecular complexity index is 1760. The second-order valence-electron chi connectivity index (χ2n) is 10.5. The minimum Gasteiger partial charge on any atom is -0.388 e. The summed E-state index contributed by atoms with van der Waals surface area (Å²) in [7, 11) is 0. The lowest BCUT2D eigenvalue weighted by Crippen LogP contribution is -2.27. The Morgan fingerprint density at radius 1 is 0.551 bits per heavy atom. The topological polar surface area (TPSA) is 337 Å². The van der Waals surface area contributed by atoms with Gasteiger partial charge >= 0.3 is 0 Å². The maximum atomic E-state index is 12.6. The highest BCUT2D eigenvalue weighted by Crippen LogP contribution is 2.16. The van der Waals surface area contributed by atoms with Crippen LogP contribution in [0.2, 0.25) is 0 Å². The van der Waals surface area contributed by atoms with E-state index in [1.165, 1.54) is 49.1 Å². The number of hydrogen-bond acceptors (Lipinski definition) is 8. The van der Waals surface area contributed by atoms with E-state index >= 15 is 0 Å². The average molecular weight is 675 g/mol. The predicted octanol–water partition coefficient (Wildman–Crippen LogP) is 0.583. The third kappa shape index (κ3) is 10.5. The first-order chi connectivity index (χ1) is 23.4. The summed E-state index contributed by atoms with van der Waals surface area (Å²) in [6.07, 6.45) is 5.36. The zero-order chi connectivity index (χ0) is 35.5. The third-order valence-electron chi connectivity index (χ3n) is 6.49. The SMILES string of the molecule is N=C(N)CCNC(=O)c1c[nH]c(NC(=O)c2c[nH]c(NC(=O)CC(=O)Nc3c[nH]c(C(=O)Nc4c[nH]c(C(=O)NCCC(=N)N)c4)c3)c2)c1. The van der Waals surface area contributed by atoms with Crippen LogP contribution < -0.4 is 43.4 Å². The molecule has 49 heavy (non-hydrogen) atoms. The van der Waals surface area contributed by atoms with E-state index in [2.05, 4.69) is 51.8 Å². The fourth-order valence-electron chi connectivity index (χ4n) is 4.15. The van der Waals surface area contributed by atoms with Gasteiger partial charge in [-0.15, -0.1) is 0 Å². The molecule has 0 aromatic carbocycles. The van der Waals surface area contributed by atoms with Crippen molar-refractivity contribution in [2.45, 2.75) is 19.3 Å². The van der Waals surface area contributed by atoms with E-state index in [1.807, 2.05) is 0 Å². The number of amidine groups is 2. The van der Waals surface area contributed by atoms with Crippen LogP contribution in [0.4, 0.5) is 23.0 Å². The molecule has 0 aliphatic carbocycles. The molecule has 0 atom stereocenters. The van der Waals surface area contributed by atoms with E-state index in [4.69, 9.17) is 22.3 Å². The van der Waals surface area contributed by atoms with Gasteiger partial charge in [0, 0.05) is 50.7 Å². The Labute approximate surface area is 277 Å². The fraction of sp³-hybridized carbons (Fsp3) is 0.172. The molecule has 20 heteroatoms. The normalized spacial score (nSPS) is 10.4. The Hall–Kier alpha value is -7.12. The first-order valence-corrected chi connectivity index (χ1v) is 14.5. The summed E-state index contributed by atoms with van der Waals surface area (Å²) >= 11 is 0. The monoisotopic (exact) mass is 674 g/mol. The number of rotatable bonds is 16. The molecule has 4 aromatic heterocycles. The van der Waals surface area contributed by atoms with Crippen LogP contribution in [-0.2, 0) is 9.59 Å². The summed E-state index contributed by atoms with van der Waals surface area (Å²) in [6, 6.07) is 5.56. The van der Waals surface area contributed by atoms with Gasteiger partial charge in [-0.25, -0.2) is 0 Å². The van der Waals surface area contributed by atoms with Crippen molar-refractivity contribution in [2.75, 3.05) is 34.4 Å². The predicted molar refractivity (Wildman–Crippen MR) is 179 cm³/mol. The molecule has 16 N–H and O–H groups in total. The minimum atomic E-state index is -0.682. The molecule has 0 saturated carbocycles. The maximum Gasteiger partial charge on any atom is 0.272 e. The minimum absolute atomic E-state index is 0.0546. The van der Waals surface area contributed by atoms with Crippen molar-refractivity contribution in [3.05, 3.63) is 71.6 Å². The van der Waals surface area contributed by atoms with Crippen LogP contribution in [0.1, 0.15) is 61.0 Å². The van der Waals surface area contributed by atoms with Gasteiger partial charge in [-0.05, 0) is 24.3 Å². The van der Waals surface area contributed by atoms with E-state index in [1.54, 1.807) is 0 Å². The number of amides is 6. The smallest absolute Gasteiger partial charge is 0.272 e. The van der Waals surface area contributed by atoms with Gasteiger partial charge in [0.2, 0.25) is 11.8 Å². The average Bonchev–Trinajstić information content (AvgIpc) is 3.85. The van der Waals surface area contributed by atoms with Gasteiger partial charge in [0.15, 0.2) is 0 Å². The standard InChI is InChI=1S/C29H34N14O6/c30-20(31)1-3-34-26(46)14-5-23(39-10-14)43-27(47)15-6-22(38-11-15)42-25(45)9-24(44)40-16-7-19(37-12-16)29(49)41-17-8-18(36-13-17)28(48)35-4-2-21(32)33/h5-8,10-13,36-39H,1-4,9H2,(H3,30,31)(H3,32,33)(H,34,46)(H,35,48)(H,40,44)(H,41,49)(H,42,45)(H,43,47). The molecule has 256 valence electrons. The quantitative estimate of drug-likeness (QED) is 0.0451. The van der Waals surface area contributed by atoms with Gasteiger partial charge in [0.25, 0.3) is 23.6 Å². The van der Waals surface area contributed by atoms with Crippen LogP contribution in [0, 0.1) is 10.8 Å². The number of carbonyl (C=O) groups excluding carboxylic acids is 6. The Morgan fingerprint density at radius 2 is 1.04 bits per heavy atom. The van der Waals surface area contributed by atoms with Crippen molar-refractivity contribution in [3.8, 4) is 0 Å². The summed E-state index contributed by atoms with van der Waals surface area (Å²) in [5.41, 5.74) is 11.8. The van der Waals surface area contributed by atoms with Crippen LogP contribution in [0.5, 0.6) is 0 Å². The number of carbonyl (C=O) groups is 6. The van der Waals surface area contributed by atoms with Crippen molar-refractivity contribution in [1.82, 2.24) is 30.6 Å². The molecular weight excluding hydrogens is 640 g/mol. The molecule has 0 saturated heterocycles. The van der Waals surface area contributed by atoms with Gasteiger partial charge in [0.05, 0.1) is 34.2 Å². The lowest BCUT2D eigenvalue weighted by Gasteiger charge is -2.04.